The summed E-state index contributed by atoms with van der Waals surface area (Å²) in [5, 5.41) is 36.7. The van der Waals surface area contributed by atoms with Gasteiger partial charge in [-0.3, -0.25) is 4.79 Å². The molecule has 0 bridgehead atoms. The second kappa shape index (κ2) is 13.3. The molecule has 0 aliphatic rings. The number of aliphatic carboxylic acids is 1. The molecule has 3 amide bonds. The first-order chi connectivity index (χ1) is 17.0. The zero-order valence-corrected chi connectivity index (χ0v) is 19.4. The molecule has 0 aliphatic carbocycles. The van der Waals surface area contributed by atoms with Gasteiger partial charge < -0.3 is 41.9 Å². The molecule has 36 heavy (non-hydrogen) atoms. The van der Waals surface area contributed by atoms with E-state index in [4.69, 9.17) is 10.3 Å². The number of aromatic hydroxyl groups is 2. The average Bonchev–Trinajstić information content (AvgIpc) is 3.29. The number of nitrogens with zero attached hydrogens (tertiary/aromatic N) is 2. The summed E-state index contributed by atoms with van der Waals surface area (Å²) in [6.45, 7) is 1.19. The zero-order valence-electron chi connectivity index (χ0n) is 19.4. The van der Waals surface area contributed by atoms with Gasteiger partial charge in [0.1, 0.15) is 17.5 Å². The number of carbonyl (C=O) groups excluding carboxylic acids is 2. The van der Waals surface area contributed by atoms with Gasteiger partial charge in [-0.1, -0.05) is 29.4 Å². The number of rotatable bonds is 9. The SMILES string of the molecule is CC(N)=O.NC(Cc1ccc(O)cc1)c1noc(CNC(=O)NC(Cc2ccc(O)cc2)C(=O)O)n1. The molecule has 13 nitrogen and oxygen atoms in total. The predicted molar refractivity (Wildman–Crippen MR) is 127 cm³/mol. The summed E-state index contributed by atoms with van der Waals surface area (Å²) in [7, 11) is 0. The van der Waals surface area contributed by atoms with Gasteiger partial charge >= 0.3 is 12.0 Å². The van der Waals surface area contributed by atoms with Crippen LogP contribution >= 0.6 is 0 Å². The standard InChI is InChI=1S/C21H23N5O6.C2H5NO/c22-16(9-12-1-5-14(27)6-2-12)19-25-18(32-26-19)11-23-21(31)24-17(20(29)30)10-13-3-7-15(28)8-4-13;1-2(3)4/h1-8,16-17,27-28H,9-11,22H2,(H,29,30)(H2,23,24,31);1H3,(H2,3,4). The highest BCUT2D eigenvalue weighted by atomic mass is 16.5. The van der Waals surface area contributed by atoms with E-state index in [1.807, 2.05) is 0 Å². The number of amides is 3. The number of phenols is 2. The number of carboxylic acid groups (broad SMARTS) is 1. The first-order valence-corrected chi connectivity index (χ1v) is 10.7. The Bertz CT molecular complexity index is 1140. The van der Waals surface area contributed by atoms with Crippen molar-refractivity contribution in [1.82, 2.24) is 20.8 Å². The highest BCUT2D eigenvalue weighted by Gasteiger charge is 2.21. The molecule has 2 atom stereocenters. The van der Waals surface area contributed by atoms with Crippen LogP contribution in [0.4, 0.5) is 4.79 Å². The van der Waals surface area contributed by atoms with Crippen LogP contribution in [0.3, 0.4) is 0 Å². The van der Waals surface area contributed by atoms with Crippen LogP contribution in [0.15, 0.2) is 53.1 Å². The number of benzene rings is 2. The van der Waals surface area contributed by atoms with E-state index < -0.39 is 24.1 Å². The molecule has 0 saturated carbocycles. The average molecular weight is 501 g/mol. The van der Waals surface area contributed by atoms with Crippen LogP contribution in [0.2, 0.25) is 0 Å². The number of primary amides is 1. The van der Waals surface area contributed by atoms with Crippen LogP contribution in [0, 0.1) is 0 Å². The lowest BCUT2D eigenvalue weighted by Gasteiger charge is -2.15. The quantitative estimate of drug-likeness (QED) is 0.218. The zero-order chi connectivity index (χ0) is 26.7. The molecule has 192 valence electrons. The molecule has 1 heterocycles. The van der Waals surface area contributed by atoms with Crippen LogP contribution in [0.1, 0.15) is 35.8 Å². The maximum absolute atomic E-state index is 12.1. The number of nitrogens with one attached hydrogen (secondary N) is 2. The first-order valence-electron chi connectivity index (χ1n) is 10.7. The highest BCUT2D eigenvalue weighted by Crippen LogP contribution is 2.16. The number of carbonyl (C=O) groups is 3. The Morgan fingerprint density at radius 2 is 1.47 bits per heavy atom. The van der Waals surface area contributed by atoms with Gasteiger partial charge in [-0.05, 0) is 41.8 Å². The van der Waals surface area contributed by atoms with Crippen LogP contribution < -0.4 is 22.1 Å². The van der Waals surface area contributed by atoms with Gasteiger partial charge in [0.2, 0.25) is 11.8 Å². The number of phenolic OH excluding ortho intramolecular Hbond substituents is 2. The predicted octanol–water partition coefficient (Wildman–Crippen LogP) is 0.710. The van der Waals surface area contributed by atoms with Crippen molar-refractivity contribution in [3.63, 3.8) is 0 Å². The fourth-order valence-corrected chi connectivity index (χ4v) is 2.90. The third-order valence-corrected chi connectivity index (χ3v) is 4.59. The maximum atomic E-state index is 12.1. The van der Waals surface area contributed by atoms with Crippen molar-refractivity contribution in [3.05, 3.63) is 71.4 Å². The lowest BCUT2D eigenvalue weighted by atomic mass is 10.1. The van der Waals surface area contributed by atoms with Crippen LogP contribution in [0.5, 0.6) is 11.5 Å². The summed E-state index contributed by atoms with van der Waals surface area (Å²) in [4.78, 5) is 37.0. The molecule has 3 rings (SSSR count). The largest absolute Gasteiger partial charge is 0.508 e. The highest BCUT2D eigenvalue weighted by molar-refractivity contribution is 5.82. The van der Waals surface area contributed by atoms with Crippen molar-refractivity contribution < 1.29 is 34.2 Å². The summed E-state index contributed by atoms with van der Waals surface area (Å²) in [6, 6.07) is 10.2. The summed E-state index contributed by atoms with van der Waals surface area (Å²) >= 11 is 0. The Balaban J connectivity index is 0.00000106. The molecule has 0 saturated heterocycles. The molecule has 9 N–H and O–H groups in total. The molecule has 0 aliphatic heterocycles. The van der Waals surface area contributed by atoms with Gasteiger partial charge in [0.15, 0.2) is 5.82 Å². The Morgan fingerprint density at radius 3 is 1.97 bits per heavy atom. The monoisotopic (exact) mass is 500 g/mol. The van der Waals surface area contributed by atoms with E-state index in [0.29, 0.717) is 12.0 Å². The van der Waals surface area contributed by atoms with Crippen LogP contribution in [-0.4, -0.2) is 49.4 Å². The minimum absolute atomic E-state index is 0.0415. The van der Waals surface area contributed by atoms with Crippen molar-refractivity contribution in [2.75, 3.05) is 0 Å². The number of hydrogen-bond donors (Lipinski definition) is 7. The molecular formula is C23H28N6O7. The Labute approximate surface area is 206 Å². The smallest absolute Gasteiger partial charge is 0.326 e. The third kappa shape index (κ3) is 9.69. The second-order valence-corrected chi connectivity index (χ2v) is 7.72. The Morgan fingerprint density at radius 1 is 0.972 bits per heavy atom. The van der Waals surface area contributed by atoms with Gasteiger partial charge in [-0.2, -0.15) is 4.98 Å². The first kappa shape index (κ1) is 27.6. The molecule has 0 spiro atoms. The molecule has 13 heteroatoms. The van der Waals surface area contributed by atoms with Gasteiger partial charge in [0.25, 0.3) is 0 Å². The van der Waals surface area contributed by atoms with E-state index in [0.717, 1.165) is 5.56 Å². The lowest BCUT2D eigenvalue weighted by Crippen LogP contribution is -2.46. The van der Waals surface area contributed by atoms with Gasteiger partial charge in [0, 0.05) is 13.3 Å². The third-order valence-electron chi connectivity index (χ3n) is 4.59. The molecule has 1 aromatic heterocycles. The fourth-order valence-electron chi connectivity index (χ4n) is 2.90. The molecular weight excluding hydrogens is 472 g/mol. The van der Waals surface area contributed by atoms with Crippen molar-refractivity contribution in [1.29, 1.82) is 0 Å². The number of aromatic nitrogens is 2. The molecule has 2 aromatic carbocycles. The Hall–Kier alpha value is -4.65. The summed E-state index contributed by atoms with van der Waals surface area (Å²) in [5.74, 6) is -0.948. The van der Waals surface area contributed by atoms with E-state index >= 15 is 0 Å². The van der Waals surface area contributed by atoms with E-state index in [9.17, 15) is 29.7 Å². The summed E-state index contributed by atoms with van der Waals surface area (Å²) in [5.41, 5.74) is 12.1. The normalized spacial score (nSPS) is 11.9. The van der Waals surface area contributed by atoms with E-state index in [1.165, 1.54) is 19.1 Å². The number of urea groups is 1. The summed E-state index contributed by atoms with van der Waals surface area (Å²) < 4.78 is 5.09. The summed E-state index contributed by atoms with van der Waals surface area (Å²) in [6.07, 6.45) is 0.463. The van der Waals surface area contributed by atoms with Gasteiger partial charge in [-0.15, -0.1) is 0 Å². The topological polar surface area (TPSA) is 227 Å². The van der Waals surface area contributed by atoms with Crippen molar-refractivity contribution in [2.24, 2.45) is 11.5 Å². The van der Waals surface area contributed by atoms with E-state index in [2.05, 4.69) is 26.5 Å². The van der Waals surface area contributed by atoms with Crippen LogP contribution in [0.25, 0.3) is 0 Å². The Kier molecular flexibility index (Phi) is 10.2. The maximum Gasteiger partial charge on any atom is 0.326 e. The fraction of sp³-hybridized carbons (Fsp3) is 0.261. The molecule has 3 aromatic rings. The molecule has 0 fully saturated rings. The van der Waals surface area contributed by atoms with Crippen LogP contribution in [-0.2, 0) is 29.0 Å². The number of hydrogen-bond acceptors (Lipinski definition) is 9. The molecule has 0 radical (unpaired) electrons. The molecule has 2 unspecified atom stereocenters. The second-order valence-electron chi connectivity index (χ2n) is 7.72. The minimum Gasteiger partial charge on any atom is -0.508 e. The van der Waals surface area contributed by atoms with Crippen molar-refractivity contribution in [2.45, 2.75) is 38.4 Å². The lowest BCUT2D eigenvalue weighted by molar-refractivity contribution is -0.139. The number of carboxylic acids is 1. The van der Waals surface area contributed by atoms with Gasteiger partial charge in [0.05, 0.1) is 12.6 Å². The van der Waals surface area contributed by atoms with Crippen molar-refractivity contribution in [3.8, 4) is 11.5 Å². The minimum atomic E-state index is -1.20. The van der Waals surface area contributed by atoms with E-state index in [1.54, 1.807) is 36.4 Å². The van der Waals surface area contributed by atoms with Gasteiger partial charge in [-0.25, -0.2) is 9.59 Å². The van der Waals surface area contributed by atoms with E-state index in [-0.39, 0.29) is 42.1 Å². The number of nitrogens with two attached hydrogens (primary N) is 2. The van der Waals surface area contributed by atoms with Crippen molar-refractivity contribution >= 4 is 17.9 Å².